The van der Waals surface area contributed by atoms with Crippen LogP contribution in [0.25, 0.3) is 0 Å². The summed E-state index contributed by atoms with van der Waals surface area (Å²) in [6.45, 7) is 0. The van der Waals surface area contributed by atoms with Gasteiger partial charge >= 0.3 is 29.6 Å². The van der Waals surface area contributed by atoms with Crippen molar-refractivity contribution >= 4 is 11.8 Å². The molecule has 1 aromatic heterocycles. The van der Waals surface area contributed by atoms with Crippen molar-refractivity contribution in [2.24, 2.45) is 0 Å². The Kier molecular flexibility index (Phi) is 4.62. The summed E-state index contributed by atoms with van der Waals surface area (Å²) in [5, 5.41) is 10.8. The number of hydrogen-bond donors (Lipinski definition) is 1. The molecule has 2 aromatic rings. The molecular weight excluding hydrogens is 231 g/mol. The number of carbonyl (C=O) groups excluding carboxylic acids is 2. The van der Waals surface area contributed by atoms with Gasteiger partial charge in [-0.15, -0.1) is 0 Å². The summed E-state index contributed by atoms with van der Waals surface area (Å²) in [5.74, 6) is -1.74. The van der Waals surface area contributed by atoms with E-state index in [1.165, 1.54) is 30.6 Å². The third kappa shape index (κ3) is 2.82. The van der Waals surface area contributed by atoms with E-state index >= 15 is 0 Å². The fourth-order valence-corrected chi connectivity index (χ4v) is 1.38. The molecule has 0 atom stereocenters. The molecule has 80 valence electrons. The van der Waals surface area contributed by atoms with Crippen LogP contribution in [0.2, 0.25) is 0 Å². The Hall–Kier alpha value is -1.43. The van der Waals surface area contributed by atoms with Crippen molar-refractivity contribution < 1.29 is 44.3 Å². The predicted octanol–water partition coefficient (Wildman–Crippen LogP) is -2.99. The molecule has 0 bridgehead atoms. The molecule has 0 radical (unpaired) electrons. The fraction of sp³-hybridized carbons (Fsp3) is 0. The molecule has 6 heteroatoms. The largest absolute Gasteiger partial charge is 1.00 e. The number of aromatic carboxylic acids is 1. The smallest absolute Gasteiger partial charge is 0.545 e. The van der Waals surface area contributed by atoms with Crippen molar-refractivity contribution in [1.29, 1.82) is 0 Å². The number of ketones is 1. The Bertz CT molecular complexity index is 537. The van der Waals surface area contributed by atoms with Gasteiger partial charge in [0.05, 0.1) is 5.97 Å². The van der Waals surface area contributed by atoms with Crippen molar-refractivity contribution in [1.82, 2.24) is 9.97 Å². The Morgan fingerprint density at radius 3 is 2.35 bits per heavy atom. The van der Waals surface area contributed by atoms with Crippen molar-refractivity contribution in [3.8, 4) is 0 Å². The van der Waals surface area contributed by atoms with Crippen LogP contribution in [0, 0.1) is 0 Å². The Morgan fingerprint density at radius 1 is 1.18 bits per heavy atom. The van der Waals surface area contributed by atoms with Crippen LogP contribution in [0.5, 0.6) is 0 Å². The monoisotopic (exact) mass is 238 g/mol. The molecule has 0 aliphatic carbocycles. The van der Waals surface area contributed by atoms with E-state index in [0.29, 0.717) is 0 Å². The van der Waals surface area contributed by atoms with E-state index in [-0.39, 0.29) is 46.5 Å². The maximum absolute atomic E-state index is 11.8. The molecule has 0 spiro atoms. The number of carboxylic acid groups (broad SMARTS) is 1. The summed E-state index contributed by atoms with van der Waals surface area (Å²) in [4.78, 5) is 29.1. The van der Waals surface area contributed by atoms with Crippen molar-refractivity contribution in [3.63, 3.8) is 0 Å². The van der Waals surface area contributed by atoms with Gasteiger partial charge in [-0.05, 0) is 0 Å². The minimum absolute atomic E-state index is 0. The van der Waals surface area contributed by atoms with E-state index in [1.807, 2.05) is 0 Å². The molecular formula is C11H7N2NaO3. The van der Waals surface area contributed by atoms with Gasteiger partial charge in [-0.25, -0.2) is 4.98 Å². The van der Waals surface area contributed by atoms with Gasteiger partial charge in [0.25, 0.3) is 0 Å². The number of nitrogens with zero attached hydrogens (tertiary/aromatic N) is 1. The van der Waals surface area contributed by atoms with Crippen LogP contribution in [0.15, 0.2) is 36.7 Å². The summed E-state index contributed by atoms with van der Waals surface area (Å²) >= 11 is 0. The molecule has 1 N–H and O–H groups in total. The first-order valence-corrected chi connectivity index (χ1v) is 4.54. The minimum Gasteiger partial charge on any atom is -0.545 e. The van der Waals surface area contributed by atoms with Crippen LogP contribution in [0.1, 0.15) is 26.5 Å². The second-order valence-electron chi connectivity index (χ2n) is 3.10. The number of aromatic nitrogens is 2. The molecule has 2 rings (SSSR count). The number of carboxylic acids is 1. The summed E-state index contributed by atoms with van der Waals surface area (Å²) in [6, 6.07) is 5.87. The van der Waals surface area contributed by atoms with Crippen molar-refractivity contribution in [3.05, 3.63) is 53.6 Å². The molecule has 17 heavy (non-hydrogen) atoms. The maximum Gasteiger partial charge on any atom is 1.00 e. The van der Waals surface area contributed by atoms with E-state index in [9.17, 15) is 14.7 Å². The van der Waals surface area contributed by atoms with Crippen LogP contribution in [-0.4, -0.2) is 21.7 Å². The van der Waals surface area contributed by atoms with Gasteiger partial charge in [-0.2, -0.15) is 0 Å². The van der Waals surface area contributed by atoms with Gasteiger partial charge < -0.3 is 14.9 Å². The van der Waals surface area contributed by atoms with Gasteiger partial charge in [-0.1, -0.05) is 24.3 Å². The normalized spacial score (nSPS) is 9.41. The van der Waals surface area contributed by atoms with Crippen LogP contribution < -0.4 is 34.7 Å². The third-order valence-electron chi connectivity index (χ3n) is 2.10. The SMILES string of the molecule is O=C([O-])c1ccccc1C(=O)c1ncc[nH]1.[Na+]. The molecule has 0 aliphatic heterocycles. The number of hydrogen-bond acceptors (Lipinski definition) is 4. The zero-order chi connectivity index (χ0) is 11.5. The molecule has 0 saturated carbocycles. The van der Waals surface area contributed by atoms with Crippen molar-refractivity contribution in [2.75, 3.05) is 0 Å². The second-order valence-corrected chi connectivity index (χ2v) is 3.10. The van der Waals surface area contributed by atoms with Gasteiger partial charge in [0.1, 0.15) is 0 Å². The van der Waals surface area contributed by atoms with Gasteiger partial charge in [-0.3, -0.25) is 4.79 Å². The number of rotatable bonds is 3. The Morgan fingerprint density at radius 2 is 1.82 bits per heavy atom. The Balaban J connectivity index is 0.00000144. The number of benzene rings is 1. The second kappa shape index (κ2) is 5.77. The first-order valence-electron chi connectivity index (χ1n) is 4.54. The van der Waals surface area contributed by atoms with Crippen LogP contribution in [0.3, 0.4) is 0 Å². The zero-order valence-corrected chi connectivity index (χ0v) is 11.1. The number of carbonyl (C=O) groups is 2. The molecule has 0 aliphatic rings. The molecule has 0 amide bonds. The average molecular weight is 238 g/mol. The van der Waals surface area contributed by atoms with Gasteiger partial charge in [0, 0.05) is 23.5 Å². The van der Waals surface area contributed by atoms with Gasteiger partial charge in [0.2, 0.25) is 5.78 Å². The van der Waals surface area contributed by atoms with E-state index in [2.05, 4.69) is 9.97 Å². The third-order valence-corrected chi connectivity index (χ3v) is 2.10. The maximum atomic E-state index is 11.8. The number of aromatic amines is 1. The molecule has 5 nitrogen and oxygen atoms in total. The zero-order valence-electron chi connectivity index (χ0n) is 9.14. The summed E-state index contributed by atoms with van der Waals surface area (Å²) < 4.78 is 0. The topological polar surface area (TPSA) is 85.9 Å². The quantitative estimate of drug-likeness (QED) is 0.456. The van der Waals surface area contributed by atoms with Crippen molar-refractivity contribution in [2.45, 2.75) is 0 Å². The fourth-order valence-electron chi connectivity index (χ4n) is 1.38. The van der Waals surface area contributed by atoms with E-state index < -0.39 is 11.8 Å². The Labute approximate surface area is 119 Å². The first kappa shape index (κ1) is 13.6. The van der Waals surface area contributed by atoms with E-state index in [4.69, 9.17) is 0 Å². The molecule has 0 saturated heterocycles. The standard InChI is InChI=1S/C11H8N2O3.Na/c14-9(10-12-5-6-13-10)7-3-1-2-4-8(7)11(15)16;/h1-6H,(H,12,13)(H,15,16);/q;+1/p-1. The van der Waals surface area contributed by atoms with Crippen LogP contribution >= 0.6 is 0 Å². The number of nitrogens with one attached hydrogen (secondary N) is 1. The molecule has 1 aromatic carbocycles. The van der Waals surface area contributed by atoms with Gasteiger partial charge in [0.15, 0.2) is 5.82 Å². The average Bonchev–Trinajstić information content (AvgIpc) is 2.81. The molecule has 0 unspecified atom stereocenters. The predicted molar refractivity (Wildman–Crippen MR) is 52.8 cm³/mol. The first-order chi connectivity index (χ1) is 7.70. The summed E-state index contributed by atoms with van der Waals surface area (Å²) in [7, 11) is 0. The van der Waals surface area contributed by atoms with Crippen LogP contribution in [-0.2, 0) is 0 Å². The number of imidazole rings is 1. The van der Waals surface area contributed by atoms with E-state index in [1.54, 1.807) is 6.07 Å². The molecule has 0 fully saturated rings. The minimum atomic E-state index is -1.38. The number of H-pyrrole nitrogens is 1. The summed E-state index contributed by atoms with van der Waals surface area (Å²) in [5.41, 5.74) is -0.0682. The van der Waals surface area contributed by atoms with E-state index in [0.717, 1.165) is 0 Å². The van der Waals surface area contributed by atoms with Crippen LogP contribution in [0.4, 0.5) is 0 Å². The summed E-state index contributed by atoms with van der Waals surface area (Å²) in [6.07, 6.45) is 2.92. The molecule has 1 heterocycles.